The lowest BCUT2D eigenvalue weighted by atomic mass is 10.1. The number of nitrogens with one attached hydrogen (secondary N) is 1. The van der Waals surface area contributed by atoms with Crippen LogP contribution in [-0.4, -0.2) is 7.11 Å². The molecule has 2 aromatic carbocycles. The fourth-order valence-corrected chi connectivity index (χ4v) is 2.72. The molecule has 0 radical (unpaired) electrons. The molecule has 1 aliphatic rings. The van der Waals surface area contributed by atoms with Crippen LogP contribution >= 0.6 is 0 Å². The van der Waals surface area contributed by atoms with Gasteiger partial charge in [0.15, 0.2) is 11.6 Å². The van der Waals surface area contributed by atoms with Gasteiger partial charge in [0.2, 0.25) is 0 Å². The molecule has 0 aromatic heterocycles. The Bertz CT molecular complexity index is 624. The van der Waals surface area contributed by atoms with Gasteiger partial charge in [-0.1, -0.05) is 18.2 Å². The first-order valence-corrected chi connectivity index (χ1v) is 6.94. The standard InChI is InChI=1S/C17H18FNO/c1-20-17-8-7-15(10-16(17)18)19-11-12-5-6-13-3-2-4-14(13)9-12/h5-10,19H,2-4,11H2,1H3. The number of hydrogen-bond donors (Lipinski definition) is 1. The largest absolute Gasteiger partial charge is 0.494 e. The number of hydrogen-bond acceptors (Lipinski definition) is 2. The molecule has 0 bridgehead atoms. The van der Waals surface area contributed by atoms with Gasteiger partial charge in [0.25, 0.3) is 0 Å². The van der Waals surface area contributed by atoms with E-state index in [-0.39, 0.29) is 11.6 Å². The van der Waals surface area contributed by atoms with E-state index >= 15 is 0 Å². The molecule has 1 N–H and O–H groups in total. The number of benzene rings is 2. The summed E-state index contributed by atoms with van der Waals surface area (Å²) in [6.07, 6.45) is 3.64. The van der Waals surface area contributed by atoms with Crippen molar-refractivity contribution in [1.29, 1.82) is 0 Å². The molecule has 0 unspecified atom stereocenters. The smallest absolute Gasteiger partial charge is 0.167 e. The fourth-order valence-electron chi connectivity index (χ4n) is 2.72. The highest BCUT2D eigenvalue weighted by molar-refractivity contribution is 5.48. The van der Waals surface area contributed by atoms with Crippen molar-refractivity contribution in [2.75, 3.05) is 12.4 Å². The Morgan fingerprint density at radius 3 is 2.75 bits per heavy atom. The summed E-state index contributed by atoms with van der Waals surface area (Å²) < 4.78 is 18.5. The Hall–Kier alpha value is -2.03. The van der Waals surface area contributed by atoms with E-state index in [1.807, 2.05) is 6.07 Å². The summed E-state index contributed by atoms with van der Waals surface area (Å²) >= 11 is 0. The Kier molecular flexibility index (Phi) is 3.59. The van der Waals surface area contributed by atoms with Gasteiger partial charge in [0, 0.05) is 18.3 Å². The van der Waals surface area contributed by atoms with Crippen molar-refractivity contribution in [3.63, 3.8) is 0 Å². The van der Waals surface area contributed by atoms with E-state index in [4.69, 9.17) is 4.74 Å². The van der Waals surface area contributed by atoms with Crippen LogP contribution in [0.15, 0.2) is 36.4 Å². The van der Waals surface area contributed by atoms with E-state index in [0.29, 0.717) is 6.54 Å². The third-order valence-corrected chi connectivity index (χ3v) is 3.81. The van der Waals surface area contributed by atoms with Gasteiger partial charge in [-0.25, -0.2) is 4.39 Å². The zero-order valence-corrected chi connectivity index (χ0v) is 11.6. The lowest BCUT2D eigenvalue weighted by molar-refractivity contribution is 0.386. The van der Waals surface area contributed by atoms with Gasteiger partial charge in [-0.2, -0.15) is 0 Å². The maximum Gasteiger partial charge on any atom is 0.167 e. The molecule has 2 aromatic rings. The van der Waals surface area contributed by atoms with Crippen LogP contribution in [0, 0.1) is 5.82 Å². The topological polar surface area (TPSA) is 21.3 Å². The summed E-state index contributed by atoms with van der Waals surface area (Å²) in [4.78, 5) is 0. The van der Waals surface area contributed by atoms with Crippen LogP contribution in [0.3, 0.4) is 0 Å². The van der Waals surface area contributed by atoms with E-state index in [2.05, 4.69) is 23.5 Å². The van der Waals surface area contributed by atoms with Crippen LogP contribution in [0.4, 0.5) is 10.1 Å². The molecule has 3 rings (SSSR count). The van der Waals surface area contributed by atoms with Gasteiger partial charge in [-0.15, -0.1) is 0 Å². The number of methoxy groups -OCH3 is 1. The maximum absolute atomic E-state index is 13.6. The third kappa shape index (κ3) is 2.62. The first kappa shape index (κ1) is 13.0. The molecule has 0 aliphatic heterocycles. The van der Waals surface area contributed by atoms with Gasteiger partial charge in [0.05, 0.1) is 7.11 Å². The highest BCUT2D eigenvalue weighted by atomic mass is 19.1. The summed E-state index contributed by atoms with van der Waals surface area (Å²) in [5.41, 5.74) is 4.94. The lowest BCUT2D eigenvalue weighted by Crippen LogP contribution is -2.01. The normalized spacial score (nSPS) is 13.1. The fraction of sp³-hybridized carbons (Fsp3) is 0.294. The number of rotatable bonds is 4. The molecule has 0 heterocycles. The van der Waals surface area contributed by atoms with Gasteiger partial charge in [-0.3, -0.25) is 0 Å². The van der Waals surface area contributed by atoms with Crippen LogP contribution in [0.5, 0.6) is 5.75 Å². The first-order chi connectivity index (χ1) is 9.76. The van der Waals surface area contributed by atoms with E-state index in [1.54, 1.807) is 6.07 Å². The number of aryl methyl sites for hydroxylation is 2. The van der Waals surface area contributed by atoms with Crippen molar-refractivity contribution < 1.29 is 9.13 Å². The predicted molar refractivity (Wildman–Crippen MR) is 78.7 cm³/mol. The minimum atomic E-state index is -0.341. The van der Waals surface area contributed by atoms with E-state index < -0.39 is 0 Å². The molecule has 0 saturated carbocycles. The summed E-state index contributed by atoms with van der Waals surface area (Å²) in [6.45, 7) is 0.707. The quantitative estimate of drug-likeness (QED) is 0.909. The number of ether oxygens (including phenoxy) is 1. The van der Waals surface area contributed by atoms with Crippen LogP contribution in [-0.2, 0) is 19.4 Å². The molecule has 3 heteroatoms. The molecule has 104 valence electrons. The average Bonchev–Trinajstić information content (AvgIpc) is 2.92. The van der Waals surface area contributed by atoms with Gasteiger partial charge >= 0.3 is 0 Å². The Labute approximate surface area is 118 Å². The van der Waals surface area contributed by atoms with Crippen molar-refractivity contribution >= 4 is 5.69 Å². The zero-order valence-electron chi connectivity index (χ0n) is 11.6. The number of halogens is 1. The van der Waals surface area contributed by atoms with E-state index in [1.165, 1.54) is 49.1 Å². The first-order valence-electron chi connectivity index (χ1n) is 6.94. The lowest BCUT2D eigenvalue weighted by Gasteiger charge is -2.09. The second-order valence-corrected chi connectivity index (χ2v) is 5.16. The predicted octanol–water partition coefficient (Wildman–Crippen LogP) is 3.94. The summed E-state index contributed by atoms with van der Waals surface area (Å²) in [5.74, 6) is -0.0699. The van der Waals surface area contributed by atoms with E-state index in [9.17, 15) is 4.39 Å². The van der Waals surface area contributed by atoms with Crippen molar-refractivity contribution in [2.24, 2.45) is 0 Å². The SMILES string of the molecule is COc1ccc(NCc2ccc3c(c2)CCC3)cc1F. The maximum atomic E-state index is 13.6. The monoisotopic (exact) mass is 271 g/mol. The summed E-state index contributed by atoms with van der Waals surface area (Å²) in [5, 5.41) is 3.25. The minimum Gasteiger partial charge on any atom is -0.494 e. The molecule has 1 aliphatic carbocycles. The van der Waals surface area contributed by atoms with Crippen molar-refractivity contribution in [1.82, 2.24) is 0 Å². The van der Waals surface area contributed by atoms with Crippen LogP contribution < -0.4 is 10.1 Å². The zero-order chi connectivity index (χ0) is 13.9. The highest BCUT2D eigenvalue weighted by Crippen LogP contribution is 2.24. The van der Waals surface area contributed by atoms with Gasteiger partial charge in [0.1, 0.15) is 0 Å². The Morgan fingerprint density at radius 2 is 1.95 bits per heavy atom. The summed E-state index contributed by atoms with van der Waals surface area (Å²) in [7, 11) is 1.47. The molecular weight excluding hydrogens is 253 g/mol. The molecular formula is C17H18FNO. The van der Waals surface area contributed by atoms with Crippen molar-refractivity contribution in [3.8, 4) is 5.75 Å². The van der Waals surface area contributed by atoms with Crippen LogP contribution in [0.25, 0.3) is 0 Å². The second-order valence-electron chi connectivity index (χ2n) is 5.16. The molecule has 0 fully saturated rings. The van der Waals surface area contributed by atoms with Crippen LogP contribution in [0.1, 0.15) is 23.1 Å². The van der Waals surface area contributed by atoms with Gasteiger partial charge in [-0.05, 0) is 48.1 Å². The number of fused-ring (bicyclic) bond motifs is 1. The highest BCUT2D eigenvalue weighted by Gasteiger charge is 2.10. The minimum absolute atomic E-state index is 0.271. The van der Waals surface area contributed by atoms with Crippen molar-refractivity contribution in [2.45, 2.75) is 25.8 Å². The third-order valence-electron chi connectivity index (χ3n) is 3.81. The molecule has 0 atom stereocenters. The number of anilines is 1. The molecule has 0 amide bonds. The molecule has 0 saturated heterocycles. The van der Waals surface area contributed by atoms with Gasteiger partial charge < -0.3 is 10.1 Å². The summed E-state index contributed by atoms with van der Waals surface area (Å²) in [6, 6.07) is 11.6. The molecule has 0 spiro atoms. The average molecular weight is 271 g/mol. The van der Waals surface area contributed by atoms with Crippen molar-refractivity contribution in [3.05, 3.63) is 58.9 Å². The Balaban J connectivity index is 1.69. The van der Waals surface area contributed by atoms with Crippen LogP contribution in [0.2, 0.25) is 0 Å². The second kappa shape index (κ2) is 5.53. The molecule has 2 nitrogen and oxygen atoms in total. The molecule has 20 heavy (non-hydrogen) atoms. The Morgan fingerprint density at radius 1 is 1.10 bits per heavy atom. The van der Waals surface area contributed by atoms with E-state index in [0.717, 1.165) is 5.69 Å².